The number of benzene rings is 4. The third-order valence-corrected chi connectivity index (χ3v) is 9.78. The van der Waals surface area contributed by atoms with E-state index in [1.165, 1.54) is 17.0 Å². The third kappa shape index (κ3) is 9.19. The lowest BCUT2D eigenvalue weighted by Gasteiger charge is -2.34. The van der Waals surface area contributed by atoms with E-state index in [9.17, 15) is 22.4 Å². The van der Waals surface area contributed by atoms with Gasteiger partial charge in [-0.05, 0) is 92.4 Å². The molecule has 0 bridgehead atoms. The van der Waals surface area contributed by atoms with Crippen molar-refractivity contribution in [2.45, 2.75) is 64.1 Å². The fourth-order valence-corrected chi connectivity index (χ4v) is 6.52. The van der Waals surface area contributed by atoms with E-state index < -0.39 is 34.3 Å². The van der Waals surface area contributed by atoms with Gasteiger partial charge in [0.15, 0.2) is 0 Å². The van der Waals surface area contributed by atoms with Gasteiger partial charge < -0.3 is 15.0 Å². The van der Waals surface area contributed by atoms with E-state index in [0.717, 1.165) is 33.1 Å². The Balaban J connectivity index is 1.81. The molecule has 0 spiro atoms. The van der Waals surface area contributed by atoms with Crippen molar-refractivity contribution in [1.82, 2.24) is 10.2 Å². The van der Waals surface area contributed by atoms with Crippen LogP contribution >= 0.6 is 0 Å². The molecule has 0 aliphatic carbocycles. The molecular formula is C37H42FN3O5S. The topological polar surface area (TPSA) is 96.0 Å². The minimum absolute atomic E-state index is 0.0741. The molecule has 2 amide bonds. The van der Waals surface area contributed by atoms with Crippen molar-refractivity contribution in [1.29, 1.82) is 0 Å². The molecule has 10 heteroatoms. The highest BCUT2D eigenvalue weighted by Crippen LogP contribution is 2.27. The van der Waals surface area contributed by atoms with Gasteiger partial charge in [0.2, 0.25) is 11.8 Å². The Morgan fingerprint density at radius 1 is 0.872 bits per heavy atom. The van der Waals surface area contributed by atoms with Crippen LogP contribution in [0.3, 0.4) is 0 Å². The van der Waals surface area contributed by atoms with E-state index in [-0.39, 0.29) is 35.5 Å². The van der Waals surface area contributed by atoms with E-state index in [1.807, 2.05) is 82.3 Å². The van der Waals surface area contributed by atoms with Gasteiger partial charge >= 0.3 is 0 Å². The van der Waals surface area contributed by atoms with Crippen LogP contribution in [-0.4, -0.2) is 50.4 Å². The molecule has 4 aromatic rings. The van der Waals surface area contributed by atoms with Crippen LogP contribution in [0, 0.1) is 12.7 Å². The molecule has 0 unspecified atom stereocenters. The number of ether oxygens (including phenoxy) is 1. The lowest BCUT2D eigenvalue weighted by atomic mass is 10.0. The molecule has 1 N–H and O–H groups in total. The van der Waals surface area contributed by atoms with E-state index >= 15 is 0 Å². The standard InChI is InChI=1S/C37H42FN3O5S/c1-5-28(4)39-37(43)35(24-29-13-8-7-9-14-29)40(25-30-15-11-10-12-27(30)3)36(42)26-41(32-18-20-33(21-19-32)46-6-2)47(44,45)34-22-16-31(38)17-23-34/h7-23,28,35H,5-6,24-26H2,1-4H3,(H,39,43)/t28-,35+/m0/s1. The van der Waals surface area contributed by atoms with Crippen LogP contribution in [0.15, 0.2) is 108 Å². The minimum atomic E-state index is -4.36. The molecule has 4 aromatic carbocycles. The van der Waals surface area contributed by atoms with Crippen LogP contribution in [0.1, 0.15) is 43.9 Å². The molecule has 2 atom stereocenters. The van der Waals surface area contributed by atoms with Crippen LogP contribution in [-0.2, 0) is 32.6 Å². The fourth-order valence-electron chi connectivity index (χ4n) is 5.10. The molecule has 47 heavy (non-hydrogen) atoms. The second-order valence-electron chi connectivity index (χ2n) is 11.4. The predicted molar refractivity (Wildman–Crippen MR) is 182 cm³/mol. The first-order chi connectivity index (χ1) is 22.5. The zero-order valence-electron chi connectivity index (χ0n) is 27.2. The maximum atomic E-state index is 14.6. The minimum Gasteiger partial charge on any atom is -0.494 e. The van der Waals surface area contributed by atoms with Gasteiger partial charge in [0, 0.05) is 19.0 Å². The van der Waals surface area contributed by atoms with Crippen molar-refractivity contribution in [2.75, 3.05) is 17.5 Å². The average molecular weight is 660 g/mol. The molecule has 0 radical (unpaired) electrons. The molecule has 0 aromatic heterocycles. The Morgan fingerprint density at radius 2 is 1.51 bits per heavy atom. The first-order valence-corrected chi connectivity index (χ1v) is 17.2. The van der Waals surface area contributed by atoms with Gasteiger partial charge in [-0.1, -0.05) is 61.5 Å². The summed E-state index contributed by atoms with van der Waals surface area (Å²) in [5, 5.41) is 3.04. The van der Waals surface area contributed by atoms with E-state index in [0.29, 0.717) is 18.8 Å². The molecule has 0 saturated heterocycles. The van der Waals surface area contributed by atoms with Crippen LogP contribution in [0.25, 0.3) is 0 Å². The van der Waals surface area contributed by atoms with Gasteiger partial charge in [0.1, 0.15) is 24.2 Å². The summed E-state index contributed by atoms with van der Waals surface area (Å²) < 4.78 is 48.6. The number of carbonyl (C=O) groups excluding carboxylic acids is 2. The normalized spacial score (nSPS) is 12.5. The summed E-state index contributed by atoms with van der Waals surface area (Å²) in [5.74, 6) is -0.965. The number of aryl methyl sites for hydroxylation is 1. The van der Waals surface area contributed by atoms with Gasteiger partial charge in [-0.15, -0.1) is 0 Å². The molecule has 8 nitrogen and oxygen atoms in total. The largest absolute Gasteiger partial charge is 0.494 e. The number of hydrogen-bond acceptors (Lipinski definition) is 5. The molecule has 0 fully saturated rings. The van der Waals surface area contributed by atoms with Gasteiger partial charge in [0.25, 0.3) is 10.0 Å². The second-order valence-corrected chi connectivity index (χ2v) is 13.2. The van der Waals surface area contributed by atoms with Crippen molar-refractivity contribution in [3.8, 4) is 5.75 Å². The van der Waals surface area contributed by atoms with Gasteiger partial charge in [-0.2, -0.15) is 0 Å². The molecular weight excluding hydrogens is 617 g/mol. The highest BCUT2D eigenvalue weighted by atomic mass is 32.2. The lowest BCUT2D eigenvalue weighted by molar-refractivity contribution is -0.140. The average Bonchev–Trinajstić information content (AvgIpc) is 3.07. The zero-order valence-corrected chi connectivity index (χ0v) is 28.0. The third-order valence-electron chi connectivity index (χ3n) is 7.99. The monoisotopic (exact) mass is 659 g/mol. The van der Waals surface area contributed by atoms with E-state index in [1.54, 1.807) is 24.3 Å². The Labute approximate surface area is 277 Å². The zero-order chi connectivity index (χ0) is 34.0. The maximum absolute atomic E-state index is 14.6. The molecule has 0 aliphatic heterocycles. The molecule has 0 aliphatic rings. The summed E-state index contributed by atoms with van der Waals surface area (Å²) in [7, 11) is -4.36. The fraction of sp³-hybridized carbons (Fsp3) is 0.297. The Kier molecular flexibility index (Phi) is 12.1. The molecule has 0 saturated carbocycles. The number of nitrogens with zero attached hydrogens (tertiary/aromatic N) is 2. The van der Waals surface area contributed by atoms with Crippen molar-refractivity contribution in [3.63, 3.8) is 0 Å². The smallest absolute Gasteiger partial charge is 0.264 e. The van der Waals surface area contributed by atoms with Crippen molar-refractivity contribution in [3.05, 3.63) is 126 Å². The Bertz CT molecular complexity index is 1730. The SMILES string of the molecule is CCOc1ccc(N(CC(=O)N(Cc2ccccc2C)[C@H](Cc2ccccc2)C(=O)N[C@@H](C)CC)S(=O)(=O)c2ccc(F)cc2)cc1. The Morgan fingerprint density at radius 3 is 2.13 bits per heavy atom. The van der Waals surface area contributed by atoms with Gasteiger partial charge in [0.05, 0.1) is 17.2 Å². The summed E-state index contributed by atoms with van der Waals surface area (Å²) >= 11 is 0. The number of rotatable bonds is 15. The quantitative estimate of drug-likeness (QED) is 0.162. The number of anilines is 1. The van der Waals surface area contributed by atoms with Gasteiger partial charge in [-0.3, -0.25) is 13.9 Å². The summed E-state index contributed by atoms with van der Waals surface area (Å²) in [6.45, 7) is 7.51. The summed E-state index contributed by atoms with van der Waals surface area (Å²) in [6.07, 6.45) is 0.908. The van der Waals surface area contributed by atoms with Crippen molar-refractivity contribution < 1.29 is 27.1 Å². The number of carbonyl (C=O) groups is 2. The molecule has 0 heterocycles. The number of hydrogen-bond donors (Lipinski definition) is 1. The van der Waals surface area contributed by atoms with Gasteiger partial charge in [-0.25, -0.2) is 12.8 Å². The van der Waals surface area contributed by atoms with Crippen LogP contribution in [0.4, 0.5) is 10.1 Å². The highest BCUT2D eigenvalue weighted by Gasteiger charge is 2.35. The number of halogens is 1. The summed E-state index contributed by atoms with van der Waals surface area (Å²) in [6, 6.07) is 26.7. The van der Waals surface area contributed by atoms with Crippen LogP contribution in [0.2, 0.25) is 0 Å². The van der Waals surface area contributed by atoms with Crippen LogP contribution in [0.5, 0.6) is 5.75 Å². The number of amides is 2. The molecule has 4 rings (SSSR count). The maximum Gasteiger partial charge on any atom is 0.264 e. The van der Waals surface area contributed by atoms with Crippen molar-refractivity contribution in [2.24, 2.45) is 0 Å². The summed E-state index contributed by atoms with van der Waals surface area (Å²) in [4.78, 5) is 29.8. The Hall–Kier alpha value is -4.70. The lowest BCUT2D eigenvalue weighted by Crippen LogP contribution is -2.54. The number of nitrogens with one attached hydrogen (secondary N) is 1. The van der Waals surface area contributed by atoms with Crippen molar-refractivity contribution >= 4 is 27.5 Å². The first kappa shape index (κ1) is 35.2. The van der Waals surface area contributed by atoms with Crippen LogP contribution < -0.4 is 14.4 Å². The van der Waals surface area contributed by atoms with E-state index in [4.69, 9.17) is 4.74 Å². The predicted octanol–water partition coefficient (Wildman–Crippen LogP) is 6.28. The number of sulfonamides is 1. The van der Waals surface area contributed by atoms with E-state index in [2.05, 4.69) is 5.32 Å². The summed E-state index contributed by atoms with van der Waals surface area (Å²) in [5.41, 5.74) is 2.81. The molecule has 248 valence electrons. The second kappa shape index (κ2) is 16.2. The highest BCUT2D eigenvalue weighted by molar-refractivity contribution is 7.92. The first-order valence-electron chi connectivity index (χ1n) is 15.7.